The van der Waals surface area contributed by atoms with Crippen LogP contribution in [0.1, 0.15) is 17.9 Å². The van der Waals surface area contributed by atoms with E-state index in [0.717, 1.165) is 0 Å². The highest BCUT2D eigenvalue weighted by Crippen LogP contribution is 2.21. The average molecular weight is 274 g/mol. The third-order valence-electron chi connectivity index (χ3n) is 2.90. The van der Waals surface area contributed by atoms with Crippen molar-refractivity contribution in [3.8, 4) is 0 Å². The molecule has 1 fully saturated rings. The number of sulfonamides is 1. The van der Waals surface area contributed by atoms with Gasteiger partial charge in [0.1, 0.15) is 17.2 Å². The molecule has 0 saturated carbocycles. The van der Waals surface area contributed by atoms with Crippen molar-refractivity contribution in [1.29, 1.82) is 0 Å². The Labute approximate surface area is 104 Å². The highest BCUT2D eigenvalue weighted by Gasteiger charge is 2.35. The van der Waals surface area contributed by atoms with E-state index in [1.807, 2.05) is 0 Å². The molecule has 1 aliphatic heterocycles. The maximum atomic E-state index is 12.0. The van der Waals surface area contributed by atoms with Crippen molar-refractivity contribution in [1.82, 2.24) is 9.46 Å². The van der Waals surface area contributed by atoms with Gasteiger partial charge >= 0.3 is 5.97 Å². The molecule has 0 amide bonds. The first-order valence-electron chi connectivity index (χ1n) is 5.51. The maximum Gasteiger partial charge on any atom is 0.307 e. The zero-order valence-corrected chi connectivity index (χ0v) is 10.7. The standard InChI is InChI=1S/C10H14N2O5S/c1-7-4-9(11-17-7)6-18(15,16)12-3-2-8(5-12)10(13)14/h4,8H,2-3,5-6H2,1H3,(H,13,14). The third kappa shape index (κ3) is 2.70. The number of hydrogen-bond donors (Lipinski definition) is 1. The van der Waals surface area contributed by atoms with E-state index in [2.05, 4.69) is 5.16 Å². The Kier molecular flexibility index (Phi) is 3.40. The lowest BCUT2D eigenvalue weighted by Gasteiger charge is -2.14. The number of carboxylic acid groups (broad SMARTS) is 1. The van der Waals surface area contributed by atoms with E-state index < -0.39 is 21.9 Å². The second-order valence-electron chi connectivity index (χ2n) is 4.37. The van der Waals surface area contributed by atoms with Crippen LogP contribution in [0, 0.1) is 12.8 Å². The fraction of sp³-hybridized carbons (Fsp3) is 0.600. The Bertz CT molecular complexity index is 550. The lowest BCUT2D eigenvalue weighted by atomic mass is 10.1. The van der Waals surface area contributed by atoms with Crippen molar-refractivity contribution in [3.05, 3.63) is 17.5 Å². The van der Waals surface area contributed by atoms with Crippen LogP contribution in [0.4, 0.5) is 0 Å². The van der Waals surface area contributed by atoms with Crippen molar-refractivity contribution in [2.75, 3.05) is 13.1 Å². The Morgan fingerprint density at radius 1 is 1.67 bits per heavy atom. The summed E-state index contributed by atoms with van der Waals surface area (Å²) in [6.45, 7) is 1.96. The van der Waals surface area contributed by atoms with Gasteiger partial charge in [0, 0.05) is 19.2 Å². The van der Waals surface area contributed by atoms with Crippen molar-refractivity contribution in [2.45, 2.75) is 19.1 Å². The molecule has 1 aromatic heterocycles. The summed E-state index contributed by atoms with van der Waals surface area (Å²) in [5.74, 6) is -1.27. The molecule has 2 rings (SSSR count). The van der Waals surface area contributed by atoms with Crippen molar-refractivity contribution >= 4 is 16.0 Å². The Morgan fingerprint density at radius 2 is 2.39 bits per heavy atom. The molecule has 7 nitrogen and oxygen atoms in total. The van der Waals surface area contributed by atoms with Crippen LogP contribution in [-0.4, -0.2) is 42.0 Å². The van der Waals surface area contributed by atoms with Crippen LogP contribution in [0.3, 0.4) is 0 Å². The minimum absolute atomic E-state index is 0.0362. The van der Waals surface area contributed by atoms with E-state index in [1.54, 1.807) is 13.0 Å². The molecule has 0 aliphatic carbocycles. The second-order valence-corrected chi connectivity index (χ2v) is 6.34. The number of aromatic nitrogens is 1. The summed E-state index contributed by atoms with van der Waals surface area (Å²) >= 11 is 0. The van der Waals surface area contributed by atoms with Gasteiger partial charge in [-0.3, -0.25) is 4.79 Å². The molecule has 0 aromatic carbocycles. The molecule has 1 atom stereocenters. The smallest absolute Gasteiger partial charge is 0.307 e. The second kappa shape index (κ2) is 4.69. The first-order valence-corrected chi connectivity index (χ1v) is 7.12. The zero-order valence-electron chi connectivity index (χ0n) is 9.87. The van der Waals surface area contributed by atoms with E-state index in [0.29, 0.717) is 17.9 Å². The Morgan fingerprint density at radius 3 is 2.89 bits per heavy atom. The van der Waals surface area contributed by atoms with Crippen molar-refractivity contribution in [2.24, 2.45) is 5.92 Å². The molecule has 18 heavy (non-hydrogen) atoms. The van der Waals surface area contributed by atoms with E-state index in [-0.39, 0.29) is 18.8 Å². The van der Waals surface area contributed by atoms with E-state index in [1.165, 1.54) is 4.31 Å². The fourth-order valence-electron chi connectivity index (χ4n) is 1.95. The summed E-state index contributed by atoms with van der Waals surface area (Å²) in [5.41, 5.74) is 0.339. The van der Waals surface area contributed by atoms with Crippen molar-refractivity contribution in [3.63, 3.8) is 0 Å². The van der Waals surface area contributed by atoms with Gasteiger partial charge in [-0.15, -0.1) is 0 Å². The normalized spacial score (nSPS) is 21.3. The largest absolute Gasteiger partial charge is 0.481 e. The zero-order chi connectivity index (χ0) is 13.3. The number of carboxylic acids is 1. The van der Waals surface area contributed by atoms with Gasteiger partial charge in [-0.1, -0.05) is 5.16 Å². The van der Waals surface area contributed by atoms with Crippen LogP contribution >= 0.6 is 0 Å². The van der Waals surface area contributed by atoms with Crippen LogP contribution in [0.5, 0.6) is 0 Å². The fourth-order valence-corrected chi connectivity index (χ4v) is 3.43. The molecule has 1 unspecified atom stereocenters. The number of rotatable bonds is 4. The lowest BCUT2D eigenvalue weighted by molar-refractivity contribution is -0.141. The van der Waals surface area contributed by atoms with Gasteiger partial charge in [-0.2, -0.15) is 0 Å². The average Bonchev–Trinajstić information content (AvgIpc) is 2.86. The predicted molar refractivity (Wildman–Crippen MR) is 61.2 cm³/mol. The van der Waals surface area contributed by atoms with Gasteiger partial charge in [0.25, 0.3) is 0 Å². The van der Waals surface area contributed by atoms with Gasteiger partial charge in [0.2, 0.25) is 10.0 Å². The molecule has 0 spiro atoms. The molecule has 0 radical (unpaired) electrons. The van der Waals surface area contributed by atoms with Crippen LogP contribution in [0.15, 0.2) is 10.6 Å². The van der Waals surface area contributed by atoms with Gasteiger partial charge in [0.15, 0.2) is 0 Å². The molecular weight excluding hydrogens is 260 g/mol. The van der Waals surface area contributed by atoms with Gasteiger partial charge < -0.3 is 9.63 Å². The number of carbonyl (C=O) groups is 1. The summed E-state index contributed by atoms with van der Waals surface area (Å²) in [6, 6.07) is 1.56. The van der Waals surface area contributed by atoms with Gasteiger partial charge in [-0.05, 0) is 13.3 Å². The first kappa shape index (κ1) is 13.0. The first-order chi connectivity index (χ1) is 8.38. The summed E-state index contributed by atoms with van der Waals surface area (Å²) < 4.78 is 30.1. The molecule has 100 valence electrons. The number of aryl methyl sites for hydroxylation is 1. The number of hydrogen-bond acceptors (Lipinski definition) is 5. The minimum Gasteiger partial charge on any atom is -0.481 e. The van der Waals surface area contributed by atoms with Gasteiger partial charge in [-0.25, -0.2) is 12.7 Å². The predicted octanol–water partition coefficient (Wildman–Crippen LogP) is 0.219. The highest BCUT2D eigenvalue weighted by atomic mass is 32.2. The Hall–Kier alpha value is -1.41. The minimum atomic E-state index is -3.52. The van der Waals surface area contributed by atoms with Crippen LogP contribution in [0.2, 0.25) is 0 Å². The number of nitrogens with zero attached hydrogens (tertiary/aromatic N) is 2. The van der Waals surface area contributed by atoms with E-state index in [9.17, 15) is 13.2 Å². The van der Waals surface area contributed by atoms with Crippen molar-refractivity contribution < 1.29 is 22.8 Å². The topological polar surface area (TPSA) is 101 Å². The van der Waals surface area contributed by atoms with E-state index in [4.69, 9.17) is 9.63 Å². The van der Waals surface area contributed by atoms with Crippen LogP contribution in [0.25, 0.3) is 0 Å². The molecule has 1 aliphatic rings. The quantitative estimate of drug-likeness (QED) is 0.842. The molecular formula is C10H14N2O5S. The van der Waals surface area contributed by atoms with Gasteiger partial charge in [0.05, 0.1) is 5.92 Å². The molecule has 1 saturated heterocycles. The molecule has 1 aromatic rings. The molecule has 2 heterocycles. The SMILES string of the molecule is Cc1cc(CS(=O)(=O)N2CCC(C(=O)O)C2)no1. The number of aliphatic carboxylic acids is 1. The lowest BCUT2D eigenvalue weighted by Crippen LogP contribution is -2.31. The molecule has 1 N–H and O–H groups in total. The summed E-state index contributed by atoms with van der Waals surface area (Å²) in [6.07, 6.45) is 0.354. The third-order valence-corrected chi connectivity index (χ3v) is 4.68. The maximum absolute atomic E-state index is 12.0. The monoisotopic (exact) mass is 274 g/mol. The van der Waals surface area contributed by atoms with Crippen LogP contribution in [-0.2, 0) is 20.6 Å². The summed E-state index contributed by atoms with van der Waals surface area (Å²) in [7, 11) is -3.52. The summed E-state index contributed by atoms with van der Waals surface area (Å²) in [5, 5.41) is 12.5. The molecule has 0 bridgehead atoms. The van der Waals surface area contributed by atoms with E-state index >= 15 is 0 Å². The van der Waals surface area contributed by atoms with Crippen LogP contribution < -0.4 is 0 Å². The molecule has 8 heteroatoms. The summed E-state index contributed by atoms with van der Waals surface area (Å²) in [4.78, 5) is 10.8. The Balaban J connectivity index is 2.06. The highest BCUT2D eigenvalue weighted by molar-refractivity contribution is 7.88.